The molecule has 0 bridgehead atoms. The molecule has 6 nitrogen and oxygen atoms in total. The number of rotatable bonds is 3. The van der Waals surface area contributed by atoms with E-state index < -0.39 is 0 Å². The van der Waals surface area contributed by atoms with Gasteiger partial charge >= 0.3 is 5.97 Å². The zero-order valence-corrected chi connectivity index (χ0v) is 13.0. The minimum atomic E-state index is -0.384. The molecular weight excluding hydrogens is 310 g/mol. The highest BCUT2D eigenvalue weighted by molar-refractivity contribution is 6.02. The number of nitrogens with zero attached hydrogens (tertiary/aromatic N) is 1. The first kappa shape index (κ1) is 14.6. The van der Waals surface area contributed by atoms with E-state index in [4.69, 9.17) is 19.0 Å². The Hall–Kier alpha value is -3.02. The SMILES string of the molecule is COC(=O)c1ccccc1C1CC(c2ccc3c(c2)OCO3)=NO1. The lowest BCUT2D eigenvalue weighted by Crippen LogP contribution is -2.10. The number of hydrogen-bond donors (Lipinski definition) is 0. The summed E-state index contributed by atoms with van der Waals surface area (Å²) in [6.07, 6.45) is 0.244. The van der Waals surface area contributed by atoms with E-state index in [-0.39, 0.29) is 18.9 Å². The molecule has 1 unspecified atom stereocenters. The van der Waals surface area contributed by atoms with Crippen LogP contribution >= 0.6 is 0 Å². The third-order valence-corrected chi connectivity index (χ3v) is 4.09. The van der Waals surface area contributed by atoms with Gasteiger partial charge < -0.3 is 19.0 Å². The standard InChI is InChI=1S/C18H15NO5/c1-21-18(20)13-5-3-2-4-12(13)16-9-14(19-24-16)11-6-7-15-17(8-11)23-10-22-15/h2-8,16H,9-10H2,1H3. The number of ether oxygens (including phenoxy) is 3. The van der Waals surface area contributed by atoms with Crippen LogP contribution in [0.15, 0.2) is 47.6 Å². The van der Waals surface area contributed by atoms with Crippen LogP contribution in [-0.4, -0.2) is 25.6 Å². The molecule has 2 aromatic rings. The van der Waals surface area contributed by atoms with Crippen LogP contribution in [0.1, 0.15) is 34.0 Å². The Kier molecular flexibility index (Phi) is 3.57. The maximum atomic E-state index is 11.9. The van der Waals surface area contributed by atoms with Crippen LogP contribution in [0.3, 0.4) is 0 Å². The van der Waals surface area contributed by atoms with Crippen molar-refractivity contribution < 1.29 is 23.8 Å². The van der Waals surface area contributed by atoms with E-state index in [9.17, 15) is 4.79 Å². The van der Waals surface area contributed by atoms with E-state index in [2.05, 4.69) is 5.16 Å². The summed E-state index contributed by atoms with van der Waals surface area (Å²) in [6.45, 7) is 0.233. The van der Waals surface area contributed by atoms with Gasteiger partial charge in [0, 0.05) is 17.5 Å². The molecule has 2 aliphatic heterocycles. The van der Waals surface area contributed by atoms with Crippen LogP contribution in [0.4, 0.5) is 0 Å². The average Bonchev–Trinajstić information content (AvgIpc) is 3.29. The third kappa shape index (κ3) is 2.46. The Morgan fingerprint density at radius 2 is 2.00 bits per heavy atom. The summed E-state index contributed by atoms with van der Waals surface area (Å²) in [6, 6.07) is 12.9. The molecular formula is C18H15NO5. The predicted octanol–water partition coefficient (Wildman–Crippen LogP) is 3.07. The largest absolute Gasteiger partial charge is 0.465 e. The van der Waals surface area contributed by atoms with Crippen molar-refractivity contribution >= 4 is 11.7 Å². The molecule has 0 saturated heterocycles. The minimum absolute atomic E-state index is 0.233. The maximum absolute atomic E-state index is 11.9. The van der Waals surface area contributed by atoms with E-state index in [1.165, 1.54) is 7.11 Å². The molecule has 0 radical (unpaired) electrons. The Balaban J connectivity index is 1.58. The summed E-state index contributed by atoms with van der Waals surface area (Å²) in [5, 5.41) is 4.18. The summed E-state index contributed by atoms with van der Waals surface area (Å²) < 4.78 is 15.5. The van der Waals surface area contributed by atoms with Crippen molar-refractivity contribution in [1.82, 2.24) is 0 Å². The van der Waals surface area contributed by atoms with E-state index in [0.717, 1.165) is 22.6 Å². The molecule has 0 spiro atoms. The van der Waals surface area contributed by atoms with Crippen molar-refractivity contribution in [3.05, 3.63) is 59.2 Å². The highest BCUT2D eigenvalue weighted by atomic mass is 16.7. The van der Waals surface area contributed by atoms with Gasteiger partial charge in [0.2, 0.25) is 6.79 Å². The van der Waals surface area contributed by atoms with Gasteiger partial charge in [0.1, 0.15) is 0 Å². The van der Waals surface area contributed by atoms with Crippen molar-refractivity contribution in [2.24, 2.45) is 5.16 Å². The Morgan fingerprint density at radius 1 is 1.17 bits per heavy atom. The van der Waals surface area contributed by atoms with Crippen LogP contribution in [0.25, 0.3) is 0 Å². The van der Waals surface area contributed by atoms with Crippen LogP contribution in [-0.2, 0) is 9.57 Å². The van der Waals surface area contributed by atoms with Gasteiger partial charge in [0.15, 0.2) is 17.6 Å². The van der Waals surface area contributed by atoms with Gasteiger partial charge in [-0.05, 0) is 24.3 Å². The molecule has 0 aromatic heterocycles. The monoisotopic (exact) mass is 325 g/mol. The Labute approximate surface area is 138 Å². The number of fused-ring (bicyclic) bond motifs is 1. The predicted molar refractivity (Wildman–Crippen MR) is 85.3 cm³/mol. The lowest BCUT2D eigenvalue weighted by atomic mass is 9.96. The summed E-state index contributed by atoms with van der Waals surface area (Å²) in [5.74, 6) is 1.05. The van der Waals surface area contributed by atoms with Crippen molar-refractivity contribution in [1.29, 1.82) is 0 Å². The molecule has 1 atom stereocenters. The number of hydrogen-bond acceptors (Lipinski definition) is 6. The second-order valence-electron chi connectivity index (χ2n) is 5.48. The highest BCUT2D eigenvalue weighted by Crippen LogP contribution is 2.36. The van der Waals surface area contributed by atoms with Crippen molar-refractivity contribution in [3.63, 3.8) is 0 Å². The molecule has 24 heavy (non-hydrogen) atoms. The second kappa shape index (κ2) is 5.88. The average molecular weight is 325 g/mol. The zero-order chi connectivity index (χ0) is 16.5. The lowest BCUT2D eigenvalue weighted by molar-refractivity contribution is 0.0577. The van der Waals surface area contributed by atoms with Crippen molar-refractivity contribution in [2.45, 2.75) is 12.5 Å². The quantitative estimate of drug-likeness (QED) is 0.811. The number of carbonyl (C=O) groups excluding carboxylic acids is 1. The number of carbonyl (C=O) groups is 1. The fourth-order valence-electron chi connectivity index (χ4n) is 2.86. The second-order valence-corrected chi connectivity index (χ2v) is 5.48. The molecule has 122 valence electrons. The van der Waals surface area contributed by atoms with Gasteiger partial charge in [-0.2, -0.15) is 0 Å². The van der Waals surface area contributed by atoms with Crippen LogP contribution < -0.4 is 9.47 Å². The molecule has 0 saturated carbocycles. The van der Waals surface area contributed by atoms with Crippen LogP contribution in [0.5, 0.6) is 11.5 Å². The zero-order valence-electron chi connectivity index (χ0n) is 13.0. The highest BCUT2D eigenvalue weighted by Gasteiger charge is 2.28. The van der Waals surface area contributed by atoms with E-state index in [0.29, 0.717) is 17.7 Å². The lowest BCUT2D eigenvalue weighted by Gasteiger charge is -2.12. The Morgan fingerprint density at radius 3 is 2.88 bits per heavy atom. The number of methoxy groups -OCH3 is 1. The summed E-state index contributed by atoms with van der Waals surface area (Å²) in [7, 11) is 1.36. The molecule has 0 aliphatic carbocycles. The van der Waals surface area contributed by atoms with E-state index >= 15 is 0 Å². The Bertz CT molecular complexity index is 830. The first-order valence-electron chi connectivity index (χ1n) is 7.56. The summed E-state index contributed by atoms with van der Waals surface area (Å²) in [5.41, 5.74) is 2.98. The smallest absolute Gasteiger partial charge is 0.338 e. The normalized spacial score (nSPS) is 18.0. The molecule has 2 aromatic carbocycles. The van der Waals surface area contributed by atoms with E-state index in [1.54, 1.807) is 12.1 Å². The van der Waals surface area contributed by atoms with E-state index in [1.807, 2.05) is 30.3 Å². The fourth-order valence-corrected chi connectivity index (χ4v) is 2.86. The molecule has 2 aliphatic rings. The van der Waals surface area contributed by atoms with Gasteiger partial charge in [0.25, 0.3) is 0 Å². The van der Waals surface area contributed by atoms with Crippen molar-refractivity contribution in [2.75, 3.05) is 13.9 Å². The van der Waals surface area contributed by atoms with Gasteiger partial charge in [-0.25, -0.2) is 4.79 Å². The topological polar surface area (TPSA) is 66.4 Å². The van der Waals surface area contributed by atoms with Gasteiger partial charge in [-0.1, -0.05) is 23.4 Å². The molecule has 4 rings (SSSR count). The molecule has 0 amide bonds. The molecule has 0 fully saturated rings. The molecule has 6 heteroatoms. The number of benzene rings is 2. The first-order chi connectivity index (χ1) is 11.8. The third-order valence-electron chi connectivity index (χ3n) is 4.09. The number of esters is 1. The fraction of sp³-hybridized carbons (Fsp3) is 0.222. The minimum Gasteiger partial charge on any atom is -0.465 e. The van der Waals surface area contributed by atoms with Crippen LogP contribution in [0, 0.1) is 0 Å². The van der Waals surface area contributed by atoms with Gasteiger partial charge in [0.05, 0.1) is 18.4 Å². The molecule has 2 heterocycles. The number of oxime groups is 1. The summed E-state index contributed by atoms with van der Waals surface area (Å²) >= 11 is 0. The van der Waals surface area contributed by atoms with Crippen LogP contribution in [0.2, 0.25) is 0 Å². The first-order valence-corrected chi connectivity index (χ1v) is 7.56. The summed E-state index contributed by atoms with van der Waals surface area (Å²) in [4.78, 5) is 17.5. The van der Waals surface area contributed by atoms with Gasteiger partial charge in [-0.15, -0.1) is 0 Å². The van der Waals surface area contributed by atoms with Gasteiger partial charge in [-0.3, -0.25) is 0 Å². The molecule has 0 N–H and O–H groups in total. The van der Waals surface area contributed by atoms with Crippen molar-refractivity contribution in [3.8, 4) is 11.5 Å². The maximum Gasteiger partial charge on any atom is 0.338 e.